The van der Waals surface area contributed by atoms with Crippen molar-refractivity contribution < 1.29 is 4.74 Å². The van der Waals surface area contributed by atoms with Crippen molar-refractivity contribution in [2.24, 2.45) is 0 Å². The minimum atomic E-state index is 0.304. The van der Waals surface area contributed by atoms with Crippen LogP contribution in [0.15, 0.2) is 16.7 Å². The van der Waals surface area contributed by atoms with E-state index in [1.54, 1.807) is 6.20 Å². The van der Waals surface area contributed by atoms with E-state index in [1.165, 1.54) is 0 Å². The summed E-state index contributed by atoms with van der Waals surface area (Å²) in [4.78, 5) is 6.65. The normalized spacial score (nSPS) is 20.6. The van der Waals surface area contributed by atoms with Crippen LogP contribution in [-0.4, -0.2) is 44.4 Å². The molecule has 1 saturated heterocycles. The van der Waals surface area contributed by atoms with Crippen molar-refractivity contribution >= 4 is 33.3 Å². The zero-order valence-electron chi connectivity index (χ0n) is 9.62. The van der Waals surface area contributed by atoms with Crippen LogP contribution < -0.4 is 10.2 Å². The van der Waals surface area contributed by atoms with E-state index in [0.717, 1.165) is 36.6 Å². The molecule has 0 aromatic carbocycles. The summed E-state index contributed by atoms with van der Waals surface area (Å²) in [5, 5.41) is 3.82. The molecule has 1 aliphatic heterocycles. The molecule has 2 heterocycles. The first-order valence-electron chi connectivity index (χ1n) is 5.52. The third-order valence-electron chi connectivity index (χ3n) is 2.73. The quantitative estimate of drug-likeness (QED) is 0.923. The average molecular weight is 321 g/mol. The molecule has 94 valence electrons. The fourth-order valence-electron chi connectivity index (χ4n) is 1.96. The minimum Gasteiger partial charge on any atom is -0.377 e. The largest absolute Gasteiger partial charge is 0.377 e. The van der Waals surface area contributed by atoms with E-state index in [2.05, 4.69) is 31.1 Å². The number of morpholine rings is 1. The lowest BCUT2D eigenvalue weighted by Crippen LogP contribution is -2.50. The van der Waals surface area contributed by atoms with Crippen LogP contribution in [0.4, 0.5) is 5.82 Å². The van der Waals surface area contributed by atoms with Crippen LogP contribution in [0.5, 0.6) is 0 Å². The summed E-state index contributed by atoms with van der Waals surface area (Å²) in [6.07, 6.45) is 1.67. The van der Waals surface area contributed by atoms with Crippen molar-refractivity contribution in [1.82, 2.24) is 10.3 Å². The molecule has 17 heavy (non-hydrogen) atoms. The van der Waals surface area contributed by atoms with Crippen LogP contribution >= 0.6 is 27.5 Å². The summed E-state index contributed by atoms with van der Waals surface area (Å²) in [7, 11) is 1.94. The van der Waals surface area contributed by atoms with Gasteiger partial charge in [-0.3, -0.25) is 0 Å². The SMILES string of the molecule is CNCC1COCCN1c1ncc(Cl)cc1Br. The zero-order chi connectivity index (χ0) is 12.3. The lowest BCUT2D eigenvalue weighted by molar-refractivity contribution is 0.0938. The Bertz CT molecular complexity index is 389. The Morgan fingerprint density at radius 2 is 2.53 bits per heavy atom. The van der Waals surface area contributed by atoms with E-state index < -0.39 is 0 Å². The molecule has 1 aliphatic rings. The van der Waals surface area contributed by atoms with Gasteiger partial charge in [0.1, 0.15) is 5.82 Å². The molecule has 6 heteroatoms. The first-order chi connectivity index (χ1) is 8.22. The van der Waals surface area contributed by atoms with Gasteiger partial charge >= 0.3 is 0 Å². The predicted octanol–water partition coefficient (Wildman–Crippen LogP) is 1.92. The second-order valence-electron chi connectivity index (χ2n) is 3.94. The highest BCUT2D eigenvalue weighted by atomic mass is 79.9. The van der Waals surface area contributed by atoms with Gasteiger partial charge < -0.3 is 15.0 Å². The lowest BCUT2D eigenvalue weighted by Gasteiger charge is -2.36. The molecule has 1 aromatic heterocycles. The van der Waals surface area contributed by atoms with Gasteiger partial charge in [-0.1, -0.05) is 11.6 Å². The Morgan fingerprint density at radius 3 is 3.24 bits per heavy atom. The molecule has 0 spiro atoms. The standard InChI is InChI=1S/C11H15BrClN3O/c1-14-6-9-7-17-3-2-16(9)11-10(12)4-8(13)5-15-11/h4-5,9,14H,2-3,6-7H2,1H3. The van der Waals surface area contributed by atoms with Gasteiger partial charge in [0.05, 0.1) is 28.8 Å². The van der Waals surface area contributed by atoms with E-state index in [1.807, 2.05) is 13.1 Å². The van der Waals surface area contributed by atoms with Crippen LogP contribution in [0.3, 0.4) is 0 Å². The van der Waals surface area contributed by atoms with Crippen molar-refractivity contribution in [2.45, 2.75) is 6.04 Å². The van der Waals surface area contributed by atoms with Crippen molar-refractivity contribution in [3.8, 4) is 0 Å². The topological polar surface area (TPSA) is 37.4 Å². The molecule has 1 atom stereocenters. The number of anilines is 1. The van der Waals surface area contributed by atoms with Crippen molar-refractivity contribution in [1.29, 1.82) is 0 Å². The van der Waals surface area contributed by atoms with Gasteiger partial charge in [-0.25, -0.2) is 4.98 Å². The number of rotatable bonds is 3. The van der Waals surface area contributed by atoms with Gasteiger partial charge in [-0.05, 0) is 29.0 Å². The van der Waals surface area contributed by atoms with Crippen LogP contribution in [0.1, 0.15) is 0 Å². The molecule has 0 aliphatic carbocycles. The maximum atomic E-state index is 5.91. The summed E-state index contributed by atoms with van der Waals surface area (Å²) in [5.74, 6) is 0.929. The molecule has 0 bridgehead atoms. The predicted molar refractivity (Wildman–Crippen MR) is 72.8 cm³/mol. The van der Waals surface area contributed by atoms with E-state index in [0.29, 0.717) is 11.1 Å². The Balaban J connectivity index is 2.23. The van der Waals surface area contributed by atoms with Crippen molar-refractivity contribution in [3.63, 3.8) is 0 Å². The second kappa shape index (κ2) is 6.00. The third kappa shape index (κ3) is 3.10. The summed E-state index contributed by atoms with van der Waals surface area (Å²) in [6.45, 7) is 3.17. The van der Waals surface area contributed by atoms with E-state index in [-0.39, 0.29) is 0 Å². The first kappa shape index (κ1) is 13.1. The van der Waals surface area contributed by atoms with Gasteiger partial charge in [0, 0.05) is 19.3 Å². The molecule has 4 nitrogen and oxygen atoms in total. The van der Waals surface area contributed by atoms with Gasteiger partial charge in [0.25, 0.3) is 0 Å². The minimum absolute atomic E-state index is 0.304. The Kier molecular flexibility index (Phi) is 4.62. The molecular formula is C11H15BrClN3O. The fourth-order valence-corrected chi connectivity index (χ4v) is 2.82. The highest BCUT2D eigenvalue weighted by molar-refractivity contribution is 9.10. The molecule has 0 saturated carbocycles. The number of pyridine rings is 1. The summed E-state index contributed by atoms with van der Waals surface area (Å²) in [5.41, 5.74) is 0. The first-order valence-corrected chi connectivity index (χ1v) is 6.69. The monoisotopic (exact) mass is 319 g/mol. The number of halogens is 2. The van der Waals surface area contributed by atoms with E-state index >= 15 is 0 Å². The number of hydrogen-bond donors (Lipinski definition) is 1. The maximum Gasteiger partial charge on any atom is 0.143 e. The number of hydrogen-bond acceptors (Lipinski definition) is 4. The van der Waals surface area contributed by atoms with Crippen LogP contribution in [0.2, 0.25) is 5.02 Å². The van der Waals surface area contributed by atoms with Gasteiger partial charge in [-0.2, -0.15) is 0 Å². The third-order valence-corrected chi connectivity index (χ3v) is 3.52. The van der Waals surface area contributed by atoms with Crippen LogP contribution in [0.25, 0.3) is 0 Å². The molecule has 1 aromatic rings. The van der Waals surface area contributed by atoms with E-state index in [9.17, 15) is 0 Å². The number of nitrogens with zero attached hydrogens (tertiary/aromatic N) is 2. The number of aromatic nitrogens is 1. The van der Waals surface area contributed by atoms with Gasteiger partial charge in [-0.15, -0.1) is 0 Å². The summed E-state index contributed by atoms with van der Waals surface area (Å²) >= 11 is 9.42. The number of likely N-dealkylation sites (N-methyl/N-ethyl adjacent to an activating group) is 1. The maximum absolute atomic E-state index is 5.91. The molecule has 0 amide bonds. The van der Waals surface area contributed by atoms with Gasteiger partial charge in [0.2, 0.25) is 0 Å². The second-order valence-corrected chi connectivity index (χ2v) is 5.23. The number of nitrogens with one attached hydrogen (secondary N) is 1. The zero-order valence-corrected chi connectivity index (χ0v) is 12.0. The molecule has 0 radical (unpaired) electrons. The Morgan fingerprint density at radius 1 is 1.71 bits per heavy atom. The molecular weight excluding hydrogens is 305 g/mol. The van der Waals surface area contributed by atoms with E-state index in [4.69, 9.17) is 16.3 Å². The molecule has 1 N–H and O–H groups in total. The summed E-state index contributed by atoms with van der Waals surface area (Å²) in [6, 6.07) is 2.18. The fraction of sp³-hybridized carbons (Fsp3) is 0.545. The molecule has 1 unspecified atom stereocenters. The van der Waals surface area contributed by atoms with Crippen molar-refractivity contribution in [3.05, 3.63) is 21.8 Å². The van der Waals surface area contributed by atoms with Crippen molar-refractivity contribution in [2.75, 3.05) is 38.3 Å². The highest BCUT2D eigenvalue weighted by Gasteiger charge is 2.25. The van der Waals surface area contributed by atoms with Crippen LogP contribution in [0, 0.1) is 0 Å². The Hall–Kier alpha value is -0.360. The van der Waals surface area contributed by atoms with Gasteiger partial charge in [0.15, 0.2) is 0 Å². The van der Waals surface area contributed by atoms with Crippen LogP contribution in [-0.2, 0) is 4.74 Å². The average Bonchev–Trinajstić information content (AvgIpc) is 2.31. The highest BCUT2D eigenvalue weighted by Crippen LogP contribution is 2.28. The summed E-state index contributed by atoms with van der Waals surface area (Å²) < 4.78 is 6.42. The lowest BCUT2D eigenvalue weighted by atomic mass is 10.2. The molecule has 1 fully saturated rings. The number of ether oxygens (including phenoxy) is 1. The Labute approximate surface area is 114 Å². The smallest absolute Gasteiger partial charge is 0.143 e. The molecule has 2 rings (SSSR count).